The minimum Gasteiger partial charge on any atom is -0.381 e. The molecule has 122 valence electrons. The van der Waals surface area contributed by atoms with Crippen LogP contribution in [-0.4, -0.2) is 35.2 Å². The Bertz CT molecular complexity index is 524. The van der Waals surface area contributed by atoms with Gasteiger partial charge in [-0.05, 0) is 37.3 Å². The summed E-state index contributed by atoms with van der Waals surface area (Å²) in [6.45, 7) is 8.25. The molecule has 0 radical (unpaired) electrons. The van der Waals surface area contributed by atoms with E-state index in [1.807, 2.05) is 19.4 Å². The molecule has 0 fully saturated rings. The number of aryl methyl sites for hydroxylation is 1. The van der Waals surface area contributed by atoms with E-state index in [0.717, 1.165) is 10.4 Å². The molecule has 1 rings (SSSR count). The van der Waals surface area contributed by atoms with Crippen molar-refractivity contribution in [3.8, 4) is 0 Å². The van der Waals surface area contributed by atoms with Crippen LogP contribution in [-0.2, 0) is 21.3 Å². The Hall–Kier alpha value is -0.470. The summed E-state index contributed by atoms with van der Waals surface area (Å²) in [6, 6.07) is 0. The van der Waals surface area contributed by atoms with Gasteiger partial charge < -0.3 is 10.1 Å². The number of hydrogen-bond donors (Lipinski definition) is 2. The minimum atomic E-state index is -3.44. The predicted octanol–water partition coefficient (Wildman–Crippen LogP) is 2.12. The number of thiophene rings is 1. The van der Waals surface area contributed by atoms with Crippen LogP contribution in [0.4, 0.5) is 0 Å². The van der Waals surface area contributed by atoms with E-state index in [9.17, 15) is 8.42 Å². The summed E-state index contributed by atoms with van der Waals surface area (Å²) < 4.78 is 32.9. The van der Waals surface area contributed by atoms with Crippen molar-refractivity contribution >= 4 is 21.4 Å². The van der Waals surface area contributed by atoms with Crippen LogP contribution in [0, 0.1) is 12.8 Å². The van der Waals surface area contributed by atoms with E-state index in [1.54, 1.807) is 0 Å². The lowest BCUT2D eigenvalue weighted by Crippen LogP contribution is -2.27. The third-order valence-electron chi connectivity index (χ3n) is 2.80. The van der Waals surface area contributed by atoms with Gasteiger partial charge >= 0.3 is 0 Å². The molecule has 0 bridgehead atoms. The zero-order valence-electron chi connectivity index (χ0n) is 13.2. The topological polar surface area (TPSA) is 67.4 Å². The van der Waals surface area contributed by atoms with Crippen molar-refractivity contribution in [1.82, 2.24) is 10.0 Å². The van der Waals surface area contributed by atoms with Gasteiger partial charge in [0.1, 0.15) is 4.90 Å². The molecule has 1 aromatic heterocycles. The van der Waals surface area contributed by atoms with Gasteiger partial charge in [0, 0.05) is 31.2 Å². The SMILES string of the molecule is CNCc1scc(C)c1S(=O)(=O)NCCCOCC(C)C. The highest BCUT2D eigenvalue weighted by molar-refractivity contribution is 7.89. The van der Waals surface area contributed by atoms with Crippen LogP contribution >= 0.6 is 11.3 Å². The Morgan fingerprint density at radius 3 is 2.71 bits per heavy atom. The number of nitrogens with one attached hydrogen (secondary N) is 2. The molecule has 7 heteroatoms. The van der Waals surface area contributed by atoms with E-state index in [1.165, 1.54) is 11.3 Å². The van der Waals surface area contributed by atoms with E-state index in [4.69, 9.17) is 4.74 Å². The number of hydrogen-bond acceptors (Lipinski definition) is 5. The fraction of sp³-hybridized carbons (Fsp3) is 0.714. The second kappa shape index (κ2) is 8.85. The average Bonchev–Trinajstić information content (AvgIpc) is 2.75. The van der Waals surface area contributed by atoms with Crippen molar-refractivity contribution < 1.29 is 13.2 Å². The lowest BCUT2D eigenvalue weighted by Gasteiger charge is -2.10. The lowest BCUT2D eigenvalue weighted by atomic mass is 10.2. The maximum Gasteiger partial charge on any atom is 0.241 e. The summed E-state index contributed by atoms with van der Waals surface area (Å²) >= 11 is 1.47. The first-order valence-corrected chi connectivity index (χ1v) is 9.53. The Labute approximate surface area is 132 Å². The number of sulfonamides is 1. The summed E-state index contributed by atoms with van der Waals surface area (Å²) in [6.07, 6.45) is 0.677. The molecule has 5 nitrogen and oxygen atoms in total. The molecular formula is C14H26N2O3S2. The first-order valence-electron chi connectivity index (χ1n) is 7.17. The van der Waals surface area contributed by atoms with Crippen molar-refractivity contribution in [3.05, 3.63) is 15.8 Å². The van der Waals surface area contributed by atoms with Crippen molar-refractivity contribution in [2.24, 2.45) is 5.92 Å². The summed E-state index contributed by atoms with van der Waals surface area (Å²) in [7, 11) is -1.63. The highest BCUT2D eigenvalue weighted by atomic mass is 32.2. The molecule has 2 N–H and O–H groups in total. The molecule has 1 heterocycles. The molecule has 0 aromatic carbocycles. The summed E-state index contributed by atoms with van der Waals surface area (Å²) in [5.74, 6) is 0.499. The van der Waals surface area contributed by atoms with Crippen LogP contribution < -0.4 is 10.0 Å². The maximum atomic E-state index is 12.4. The third-order valence-corrected chi connectivity index (χ3v) is 5.73. The Balaban J connectivity index is 2.52. The van der Waals surface area contributed by atoms with Crippen LogP contribution in [0.15, 0.2) is 10.3 Å². The van der Waals surface area contributed by atoms with Crippen molar-refractivity contribution in [2.45, 2.75) is 38.6 Å². The standard InChI is InChI=1S/C14H26N2O3S2/c1-11(2)9-19-7-5-6-16-21(17,18)14-12(3)10-20-13(14)8-15-4/h10-11,15-16H,5-9H2,1-4H3. The fourth-order valence-electron chi connectivity index (χ4n) is 1.90. The van der Waals surface area contributed by atoms with E-state index in [0.29, 0.717) is 43.5 Å². The smallest absolute Gasteiger partial charge is 0.241 e. The van der Waals surface area contributed by atoms with Gasteiger partial charge in [0.15, 0.2) is 0 Å². The Morgan fingerprint density at radius 2 is 2.10 bits per heavy atom. The molecular weight excluding hydrogens is 308 g/mol. The molecule has 1 aromatic rings. The van der Waals surface area contributed by atoms with Crippen LogP contribution in [0.25, 0.3) is 0 Å². The summed E-state index contributed by atoms with van der Waals surface area (Å²) in [4.78, 5) is 1.27. The monoisotopic (exact) mass is 334 g/mol. The molecule has 21 heavy (non-hydrogen) atoms. The van der Waals surface area contributed by atoms with Gasteiger partial charge in [-0.25, -0.2) is 13.1 Å². The highest BCUT2D eigenvalue weighted by Crippen LogP contribution is 2.26. The molecule has 0 aliphatic carbocycles. The summed E-state index contributed by atoms with van der Waals surface area (Å²) in [5, 5.41) is 4.88. The zero-order chi connectivity index (χ0) is 15.9. The van der Waals surface area contributed by atoms with Crippen molar-refractivity contribution in [3.63, 3.8) is 0 Å². The Morgan fingerprint density at radius 1 is 1.38 bits per heavy atom. The van der Waals surface area contributed by atoms with Crippen LogP contribution in [0.5, 0.6) is 0 Å². The van der Waals surface area contributed by atoms with Gasteiger partial charge in [-0.1, -0.05) is 13.8 Å². The molecule has 0 amide bonds. The molecule has 0 unspecified atom stereocenters. The van der Waals surface area contributed by atoms with Gasteiger partial charge in [0.05, 0.1) is 0 Å². The van der Waals surface area contributed by atoms with Crippen molar-refractivity contribution in [2.75, 3.05) is 26.8 Å². The number of ether oxygens (including phenoxy) is 1. The van der Waals surface area contributed by atoms with Gasteiger partial charge in [-0.15, -0.1) is 11.3 Å². The largest absolute Gasteiger partial charge is 0.381 e. The van der Waals surface area contributed by atoms with E-state index in [2.05, 4.69) is 23.9 Å². The van der Waals surface area contributed by atoms with Crippen molar-refractivity contribution in [1.29, 1.82) is 0 Å². The zero-order valence-corrected chi connectivity index (χ0v) is 14.9. The lowest BCUT2D eigenvalue weighted by molar-refractivity contribution is 0.108. The predicted molar refractivity (Wildman–Crippen MR) is 87.3 cm³/mol. The van der Waals surface area contributed by atoms with Crippen LogP contribution in [0.3, 0.4) is 0 Å². The minimum absolute atomic E-state index is 0.398. The van der Waals surface area contributed by atoms with E-state index >= 15 is 0 Å². The van der Waals surface area contributed by atoms with Gasteiger partial charge in [0.25, 0.3) is 0 Å². The molecule has 0 aliphatic heterocycles. The van der Waals surface area contributed by atoms with E-state index in [-0.39, 0.29) is 0 Å². The fourth-order valence-corrected chi connectivity index (χ4v) is 4.80. The second-order valence-corrected chi connectivity index (χ2v) is 8.09. The highest BCUT2D eigenvalue weighted by Gasteiger charge is 2.22. The second-order valence-electron chi connectivity index (χ2n) is 5.42. The van der Waals surface area contributed by atoms with E-state index < -0.39 is 10.0 Å². The molecule has 0 spiro atoms. The van der Waals surface area contributed by atoms with Crippen LogP contribution in [0.1, 0.15) is 30.7 Å². The third kappa shape index (κ3) is 6.04. The Kier molecular flexibility index (Phi) is 7.83. The summed E-state index contributed by atoms with van der Waals surface area (Å²) in [5.41, 5.74) is 0.800. The normalized spacial score (nSPS) is 12.2. The number of rotatable bonds is 10. The van der Waals surface area contributed by atoms with Gasteiger partial charge in [-0.3, -0.25) is 0 Å². The van der Waals surface area contributed by atoms with Gasteiger partial charge in [-0.2, -0.15) is 0 Å². The molecule has 0 saturated carbocycles. The maximum absolute atomic E-state index is 12.4. The molecule has 0 saturated heterocycles. The molecule has 0 aliphatic rings. The van der Waals surface area contributed by atoms with Crippen LogP contribution in [0.2, 0.25) is 0 Å². The molecule has 0 atom stereocenters. The quantitative estimate of drug-likeness (QED) is 0.643. The first kappa shape index (κ1) is 18.6. The van der Waals surface area contributed by atoms with Gasteiger partial charge in [0.2, 0.25) is 10.0 Å². The average molecular weight is 335 g/mol. The first-order chi connectivity index (χ1) is 9.88.